The van der Waals surface area contributed by atoms with E-state index < -0.39 is 28.4 Å². The van der Waals surface area contributed by atoms with Crippen molar-refractivity contribution in [3.8, 4) is 5.75 Å². The van der Waals surface area contributed by atoms with Gasteiger partial charge in [-0.2, -0.15) is 0 Å². The third-order valence-electron chi connectivity index (χ3n) is 5.18. The van der Waals surface area contributed by atoms with Crippen molar-refractivity contribution >= 4 is 44.9 Å². The maximum Gasteiger partial charge on any atom is 0.338 e. The van der Waals surface area contributed by atoms with Crippen LogP contribution in [0.2, 0.25) is 5.02 Å². The van der Waals surface area contributed by atoms with E-state index in [0.717, 1.165) is 17.1 Å². The molecule has 0 saturated heterocycles. The fraction of sp³-hybridized carbons (Fsp3) is 0.231. The number of carbonyl (C=O) groups excluding carboxylic acids is 2. The van der Waals surface area contributed by atoms with Crippen molar-refractivity contribution in [1.29, 1.82) is 0 Å². The van der Waals surface area contributed by atoms with Gasteiger partial charge in [0.2, 0.25) is 5.91 Å². The lowest BCUT2D eigenvalue weighted by molar-refractivity contribution is -0.114. The largest absolute Gasteiger partial charge is 0.495 e. The van der Waals surface area contributed by atoms with Crippen LogP contribution in [0.25, 0.3) is 0 Å². The first kappa shape index (κ1) is 27.0. The number of carbonyl (C=O) groups is 2. The summed E-state index contributed by atoms with van der Waals surface area (Å²) in [7, 11) is -2.65. The Bertz CT molecular complexity index is 1300. The number of nitrogens with one attached hydrogen (secondary N) is 1. The first-order valence-electron chi connectivity index (χ1n) is 11.2. The van der Waals surface area contributed by atoms with Gasteiger partial charge >= 0.3 is 5.97 Å². The zero-order valence-corrected chi connectivity index (χ0v) is 21.5. The topological polar surface area (TPSA) is 102 Å². The van der Waals surface area contributed by atoms with E-state index in [-0.39, 0.29) is 15.6 Å². The van der Waals surface area contributed by atoms with Crippen LogP contribution < -0.4 is 14.4 Å². The lowest BCUT2D eigenvalue weighted by Crippen LogP contribution is -2.38. The van der Waals surface area contributed by atoms with Crippen LogP contribution >= 0.6 is 11.6 Å². The molecular formula is C26H27ClN2O6S. The molecule has 3 aromatic carbocycles. The Balaban J connectivity index is 1.81. The van der Waals surface area contributed by atoms with E-state index in [2.05, 4.69) is 5.32 Å². The van der Waals surface area contributed by atoms with Gasteiger partial charge in [-0.25, -0.2) is 13.2 Å². The van der Waals surface area contributed by atoms with Crippen LogP contribution in [0.5, 0.6) is 5.75 Å². The Morgan fingerprint density at radius 3 is 2.31 bits per heavy atom. The van der Waals surface area contributed by atoms with Crippen molar-refractivity contribution in [3.05, 3.63) is 83.4 Å². The number of benzene rings is 3. The molecule has 10 heteroatoms. The van der Waals surface area contributed by atoms with Crippen LogP contribution in [0.1, 0.15) is 30.1 Å². The number of sulfonamides is 1. The smallest absolute Gasteiger partial charge is 0.338 e. The maximum atomic E-state index is 13.4. The highest BCUT2D eigenvalue weighted by molar-refractivity contribution is 7.92. The minimum absolute atomic E-state index is 0.0238. The predicted molar refractivity (Wildman–Crippen MR) is 139 cm³/mol. The molecule has 0 spiro atoms. The van der Waals surface area contributed by atoms with Crippen molar-refractivity contribution in [2.45, 2.75) is 24.7 Å². The molecule has 0 saturated carbocycles. The number of hydrogen-bond donors (Lipinski definition) is 1. The molecule has 0 aliphatic heterocycles. The second kappa shape index (κ2) is 12.4. The monoisotopic (exact) mass is 530 g/mol. The van der Waals surface area contributed by atoms with Gasteiger partial charge in [0.05, 0.1) is 34.9 Å². The van der Waals surface area contributed by atoms with Crippen molar-refractivity contribution in [2.75, 3.05) is 29.9 Å². The first-order valence-corrected chi connectivity index (χ1v) is 13.1. The average molecular weight is 531 g/mol. The molecule has 0 aromatic heterocycles. The van der Waals surface area contributed by atoms with Crippen LogP contribution in [0, 0.1) is 0 Å². The number of rotatable bonds is 11. The summed E-state index contributed by atoms with van der Waals surface area (Å²) in [5.74, 6) is -0.659. The predicted octanol–water partition coefficient (Wildman–Crippen LogP) is 5.14. The quantitative estimate of drug-likeness (QED) is 0.272. The molecule has 8 nitrogen and oxygen atoms in total. The molecule has 0 bridgehead atoms. The highest BCUT2D eigenvalue weighted by Gasteiger charge is 2.28. The van der Waals surface area contributed by atoms with E-state index in [1.54, 1.807) is 30.3 Å². The molecule has 1 amide bonds. The summed E-state index contributed by atoms with van der Waals surface area (Å²) in [6.07, 6.45) is 1.69. The van der Waals surface area contributed by atoms with Gasteiger partial charge in [-0.3, -0.25) is 9.10 Å². The molecule has 3 rings (SSSR count). The van der Waals surface area contributed by atoms with E-state index in [4.69, 9.17) is 21.1 Å². The maximum absolute atomic E-state index is 13.4. The summed E-state index contributed by atoms with van der Waals surface area (Å²) in [4.78, 5) is 25.0. The Morgan fingerprint density at radius 1 is 1.00 bits per heavy atom. The number of amides is 1. The fourth-order valence-electron chi connectivity index (χ4n) is 3.26. The number of nitrogens with zero attached hydrogens (tertiary/aromatic N) is 1. The molecule has 0 atom stereocenters. The van der Waals surface area contributed by atoms with E-state index in [1.807, 2.05) is 6.92 Å². The summed E-state index contributed by atoms with van der Waals surface area (Å²) in [5, 5.41) is 2.87. The summed E-state index contributed by atoms with van der Waals surface area (Å²) in [5.41, 5.74) is 0.949. The van der Waals surface area contributed by atoms with Gasteiger partial charge in [0.15, 0.2) is 0 Å². The molecule has 3 aromatic rings. The minimum Gasteiger partial charge on any atom is -0.495 e. The highest BCUT2D eigenvalue weighted by atomic mass is 35.5. The molecular weight excluding hydrogens is 504 g/mol. The lowest BCUT2D eigenvalue weighted by atomic mass is 10.2. The number of esters is 1. The number of unbranched alkanes of at least 4 members (excludes halogenated alkanes) is 1. The first-order chi connectivity index (χ1) is 17.3. The van der Waals surface area contributed by atoms with E-state index in [9.17, 15) is 18.0 Å². The third-order valence-corrected chi connectivity index (χ3v) is 7.26. The van der Waals surface area contributed by atoms with Crippen LogP contribution in [-0.2, 0) is 19.6 Å². The van der Waals surface area contributed by atoms with Crippen LogP contribution in [0.15, 0.2) is 77.7 Å². The minimum atomic E-state index is -4.10. The van der Waals surface area contributed by atoms with Crippen LogP contribution in [0.3, 0.4) is 0 Å². The number of ether oxygens (including phenoxy) is 2. The molecule has 0 unspecified atom stereocenters. The van der Waals surface area contributed by atoms with Gasteiger partial charge in [-0.05, 0) is 61.0 Å². The summed E-state index contributed by atoms with van der Waals surface area (Å²) in [6, 6.07) is 18.4. The van der Waals surface area contributed by atoms with Crippen molar-refractivity contribution in [3.63, 3.8) is 0 Å². The van der Waals surface area contributed by atoms with Gasteiger partial charge in [-0.15, -0.1) is 0 Å². The second-order valence-electron chi connectivity index (χ2n) is 7.76. The van der Waals surface area contributed by atoms with Gasteiger partial charge < -0.3 is 14.8 Å². The lowest BCUT2D eigenvalue weighted by Gasteiger charge is -2.24. The molecule has 0 aliphatic rings. The molecule has 0 aliphatic carbocycles. The number of methoxy groups -OCH3 is 1. The molecule has 0 heterocycles. The van der Waals surface area contributed by atoms with E-state index in [1.165, 1.54) is 49.6 Å². The molecule has 36 heavy (non-hydrogen) atoms. The molecule has 0 fully saturated rings. The Labute approximate surface area is 215 Å². The zero-order valence-electron chi connectivity index (χ0n) is 19.9. The standard InChI is InChI=1S/C26H27ClN2O6S/c1-3-4-16-35-26(31)19-10-12-20(13-11-19)28-25(30)18-29(21-14-15-24(34-2)23(27)17-21)36(32,33)22-8-6-5-7-9-22/h5-15,17H,3-4,16,18H2,1-2H3,(H,28,30). The van der Waals surface area contributed by atoms with E-state index >= 15 is 0 Å². The summed E-state index contributed by atoms with van der Waals surface area (Å²) < 4.78 is 38.2. The van der Waals surface area contributed by atoms with Gasteiger partial charge in [0, 0.05) is 5.69 Å². The molecule has 1 N–H and O–H groups in total. The van der Waals surface area contributed by atoms with Crippen molar-refractivity contribution in [1.82, 2.24) is 0 Å². The Kier molecular flexibility index (Phi) is 9.32. The van der Waals surface area contributed by atoms with E-state index in [0.29, 0.717) is 23.6 Å². The number of halogens is 1. The summed E-state index contributed by atoms with van der Waals surface area (Å²) in [6.45, 7) is 1.83. The van der Waals surface area contributed by atoms with Crippen LogP contribution in [-0.4, -0.2) is 40.6 Å². The highest BCUT2D eigenvalue weighted by Crippen LogP contribution is 2.32. The normalized spacial score (nSPS) is 11.0. The Hall–Kier alpha value is -3.56. The fourth-order valence-corrected chi connectivity index (χ4v) is 4.94. The molecule has 190 valence electrons. The van der Waals surface area contributed by atoms with Gasteiger partial charge in [-0.1, -0.05) is 43.1 Å². The zero-order chi connectivity index (χ0) is 26.1. The third kappa shape index (κ3) is 6.77. The van der Waals surface area contributed by atoms with Crippen molar-refractivity contribution < 1.29 is 27.5 Å². The average Bonchev–Trinajstić information content (AvgIpc) is 2.88. The second-order valence-corrected chi connectivity index (χ2v) is 10.0. The Morgan fingerprint density at radius 2 is 1.69 bits per heavy atom. The van der Waals surface area contributed by atoms with Crippen molar-refractivity contribution in [2.24, 2.45) is 0 Å². The SMILES string of the molecule is CCCCOC(=O)c1ccc(NC(=O)CN(c2ccc(OC)c(Cl)c2)S(=O)(=O)c2ccccc2)cc1. The van der Waals surface area contributed by atoms with Gasteiger partial charge in [0.25, 0.3) is 10.0 Å². The number of hydrogen-bond acceptors (Lipinski definition) is 6. The summed E-state index contributed by atoms with van der Waals surface area (Å²) >= 11 is 6.23. The van der Waals surface area contributed by atoms with Crippen LogP contribution in [0.4, 0.5) is 11.4 Å². The van der Waals surface area contributed by atoms with Gasteiger partial charge in [0.1, 0.15) is 12.3 Å². The molecule has 0 radical (unpaired) electrons. The number of anilines is 2.